The predicted molar refractivity (Wildman–Crippen MR) is 80.2 cm³/mol. The highest BCUT2D eigenvalue weighted by Gasteiger charge is 2.25. The number of aliphatic hydroxyl groups is 1. The molecule has 20 heavy (non-hydrogen) atoms. The van der Waals surface area contributed by atoms with Crippen molar-refractivity contribution in [2.24, 2.45) is 0 Å². The Labute approximate surface area is 124 Å². The molecule has 1 heterocycles. The van der Waals surface area contributed by atoms with Crippen LogP contribution in [0.5, 0.6) is 5.75 Å². The molecule has 1 atom stereocenters. The Morgan fingerprint density at radius 2 is 2.15 bits per heavy atom. The highest BCUT2D eigenvalue weighted by Crippen LogP contribution is 2.23. The molecule has 110 valence electrons. The van der Waals surface area contributed by atoms with E-state index in [1.54, 1.807) is 7.11 Å². The van der Waals surface area contributed by atoms with E-state index in [9.17, 15) is 9.90 Å². The van der Waals surface area contributed by atoms with Gasteiger partial charge < -0.3 is 14.7 Å². The van der Waals surface area contributed by atoms with Gasteiger partial charge in [0.2, 0.25) is 5.91 Å². The second-order valence-electron chi connectivity index (χ2n) is 4.88. The van der Waals surface area contributed by atoms with E-state index in [4.69, 9.17) is 4.74 Å². The van der Waals surface area contributed by atoms with Crippen LogP contribution in [0.3, 0.4) is 0 Å². The van der Waals surface area contributed by atoms with Crippen molar-refractivity contribution in [1.29, 1.82) is 0 Å². The van der Waals surface area contributed by atoms with Crippen molar-refractivity contribution in [2.75, 3.05) is 26.0 Å². The maximum Gasteiger partial charge on any atom is 0.233 e. The number of methoxy groups -OCH3 is 1. The Balaban J connectivity index is 1.87. The molecule has 0 radical (unpaired) electrons. The molecule has 1 aliphatic heterocycles. The maximum absolute atomic E-state index is 12.2. The summed E-state index contributed by atoms with van der Waals surface area (Å²) in [5, 5.41) is 9.34. The summed E-state index contributed by atoms with van der Waals surface area (Å²) in [7, 11) is 1.64. The van der Waals surface area contributed by atoms with Crippen LogP contribution in [0, 0.1) is 0 Å². The molecule has 2 rings (SSSR count). The molecule has 0 aromatic heterocycles. The van der Waals surface area contributed by atoms with E-state index in [2.05, 4.69) is 0 Å². The molecule has 1 aromatic rings. The Morgan fingerprint density at radius 3 is 2.80 bits per heavy atom. The van der Waals surface area contributed by atoms with Crippen molar-refractivity contribution in [3.05, 3.63) is 24.3 Å². The van der Waals surface area contributed by atoms with E-state index < -0.39 is 0 Å². The summed E-state index contributed by atoms with van der Waals surface area (Å²) in [4.78, 5) is 15.1. The van der Waals surface area contributed by atoms with Crippen LogP contribution in [-0.4, -0.2) is 48.0 Å². The van der Waals surface area contributed by atoms with Gasteiger partial charge in [0.05, 0.1) is 25.5 Å². The summed E-state index contributed by atoms with van der Waals surface area (Å²) in [6.07, 6.45) is 3.05. The van der Waals surface area contributed by atoms with Gasteiger partial charge in [-0.2, -0.15) is 0 Å². The first-order chi connectivity index (χ1) is 9.74. The minimum atomic E-state index is 0.00715. The number of ether oxygens (including phenoxy) is 1. The second kappa shape index (κ2) is 7.55. The molecule has 0 saturated carbocycles. The van der Waals surface area contributed by atoms with Crippen LogP contribution >= 0.6 is 11.8 Å². The lowest BCUT2D eigenvalue weighted by atomic mass is 10.0. The maximum atomic E-state index is 12.2. The summed E-state index contributed by atoms with van der Waals surface area (Å²) in [5.41, 5.74) is 0. The number of likely N-dealkylation sites (tertiary alicyclic amines) is 1. The van der Waals surface area contributed by atoms with Gasteiger partial charge in [-0.25, -0.2) is 0 Å². The lowest BCUT2D eigenvalue weighted by molar-refractivity contribution is -0.132. The number of aliphatic hydroxyl groups excluding tert-OH is 1. The van der Waals surface area contributed by atoms with Crippen LogP contribution in [-0.2, 0) is 4.79 Å². The molecular formula is C15H21NO3S. The summed E-state index contributed by atoms with van der Waals surface area (Å²) in [6.45, 7) is 0.839. The van der Waals surface area contributed by atoms with Gasteiger partial charge in [-0.3, -0.25) is 4.79 Å². The van der Waals surface area contributed by atoms with Crippen LogP contribution in [0.1, 0.15) is 19.3 Å². The van der Waals surface area contributed by atoms with E-state index in [0.717, 1.165) is 36.5 Å². The van der Waals surface area contributed by atoms with Gasteiger partial charge in [-0.15, -0.1) is 11.8 Å². The van der Waals surface area contributed by atoms with Gasteiger partial charge in [0.25, 0.3) is 0 Å². The Bertz CT molecular complexity index is 435. The molecule has 1 fully saturated rings. The zero-order chi connectivity index (χ0) is 14.4. The average molecular weight is 295 g/mol. The third-order valence-electron chi connectivity index (χ3n) is 3.58. The molecule has 0 spiro atoms. The van der Waals surface area contributed by atoms with Gasteiger partial charge in [0.1, 0.15) is 5.75 Å². The number of benzene rings is 1. The Hall–Kier alpha value is -1.20. The SMILES string of the molecule is COc1ccc(SCC(=O)N2CCCCC2CO)cc1. The molecule has 5 heteroatoms. The number of amides is 1. The predicted octanol–water partition coefficient (Wildman–Crippen LogP) is 2.16. The number of hydrogen-bond donors (Lipinski definition) is 1. The molecule has 1 aromatic carbocycles. The van der Waals surface area contributed by atoms with E-state index >= 15 is 0 Å². The van der Waals surface area contributed by atoms with Gasteiger partial charge >= 0.3 is 0 Å². The number of nitrogens with zero attached hydrogens (tertiary/aromatic N) is 1. The fourth-order valence-electron chi connectivity index (χ4n) is 2.42. The standard InChI is InChI=1S/C15H21NO3S/c1-19-13-5-7-14(8-6-13)20-11-15(18)16-9-3-2-4-12(16)10-17/h5-8,12,17H,2-4,9-11H2,1H3. The van der Waals surface area contributed by atoms with E-state index in [0.29, 0.717) is 5.75 Å². The van der Waals surface area contributed by atoms with Crippen molar-refractivity contribution >= 4 is 17.7 Å². The summed E-state index contributed by atoms with van der Waals surface area (Å²) < 4.78 is 5.11. The number of carbonyl (C=O) groups excluding carboxylic acids is 1. The van der Waals surface area contributed by atoms with E-state index in [1.165, 1.54) is 11.8 Å². The van der Waals surface area contributed by atoms with Crippen molar-refractivity contribution in [3.8, 4) is 5.75 Å². The van der Waals surface area contributed by atoms with Crippen molar-refractivity contribution < 1.29 is 14.6 Å². The monoisotopic (exact) mass is 295 g/mol. The van der Waals surface area contributed by atoms with Crippen molar-refractivity contribution in [2.45, 2.75) is 30.2 Å². The molecule has 1 amide bonds. The first-order valence-corrected chi connectivity index (χ1v) is 7.90. The smallest absolute Gasteiger partial charge is 0.233 e. The quantitative estimate of drug-likeness (QED) is 0.846. The Kier molecular flexibility index (Phi) is 5.73. The third kappa shape index (κ3) is 3.90. The molecule has 1 unspecified atom stereocenters. The molecule has 1 N–H and O–H groups in total. The van der Waals surface area contributed by atoms with Crippen LogP contribution in [0.15, 0.2) is 29.2 Å². The lowest BCUT2D eigenvalue weighted by Crippen LogP contribution is -2.46. The van der Waals surface area contributed by atoms with Gasteiger partial charge in [0, 0.05) is 11.4 Å². The number of piperidine rings is 1. The summed E-state index contributed by atoms with van der Waals surface area (Å²) in [6, 6.07) is 7.70. The zero-order valence-corrected chi connectivity index (χ0v) is 12.6. The lowest BCUT2D eigenvalue weighted by Gasteiger charge is -2.34. The van der Waals surface area contributed by atoms with Crippen LogP contribution in [0.2, 0.25) is 0 Å². The van der Waals surface area contributed by atoms with E-state index in [1.807, 2.05) is 29.2 Å². The highest BCUT2D eigenvalue weighted by atomic mass is 32.2. The van der Waals surface area contributed by atoms with E-state index in [-0.39, 0.29) is 18.6 Å². The fourth-order valence-corrected chi connectivity index (χ4v) is 3.20. The van der Waals surface area contributed by atoms with Crippen LogP contribution in [0.4, 0.5) is 0 Å². The number of rotatable bonds is 5. The molecule has 0 bridgehead atoms. The largest absolute Gasteiger partial charge is 0.497 e. The average Bonchev–Trinajstić information content (AvgIpc) is 2.53. The molecule has 1 saturated heterocycles. The third-order valence-corrected chi connectivity index (χ3v) is 4.58. The Morgan fingerprint density at radius 1 is 1.40 bits per heavy atom. The van der Waals surface area contributed by atoms with Crippen LogP contribution < -0.4 is 4.74 Å². The van der Waals surface area contributed by atoms with Gasteiger partial charge in [-0.05, 0) is 43.5 Å². The number of thioether (sulfide) groups is 1. The fraction of sp³-hybridized carbons (Fsp3) is 0.533. The molecular weight excluding hydrogens is 274 g/mol. The molecule has 1 aliphatic rings. The zero-order valence-electron chi connectivity index (χ0n) is 11.7. The minimum Gasteiger partial charge on any atom is -0.497 e. The van der Waals surface area contributed by atoms with Crippen molar-refractivity contribution in [1.82, 2.24) is 4.90 Å². The molecule has 0 aliphatic carbocycles. The summed E-state index contributed by atoms with van der Waals surface area (Å²) >= 11 is 1.53. The second-order valence-corrected chi connectivity index (χ2v) is 5.93. The summed E-state index contributed by atoms with van der Waals surface area (Å²) in [5.74, 6) is 1.35. The van der Waals surface area contributed by atoms with Gasteiger partial charge in [0.15, 0.2) is 0 Å². The topological polar surface area (TPSA) is 49.8 Å². The van der Waals surface area contributed by atoms with Crippen LogP contribution in [0.25, 0.3) is 0 Å². The number of carbonyl (C=O) groups is 1. The first kappa shape index (κ1) is 15.2. The minimum absolute atomic E-state index is 0.00715. The number of hydrogen-bond acceptors (Lipinski definition) is 4. The molecule has 4 nitrogen and oxygen atoms in total. The normalized spacial score (nSPS) is 18.9. The first-order valence-electron chi connectivity index (χ1n) is 6.91. The highest BCUT2D eigenvalue weighted by molar-refractivity contribution is 8.00. The van der Waals surface area contributed by atoms with Crippen molar-refractivity contribution in [3.63, 3.8) is 0 Å². The van der Waals surface area contributed by atoms with Gasteiger partial charge in [-0.1, -0.05) is 0 Å².